The molecule has 2 aromatic rings. The fourth-order valence-electron chi connectivity index (χ4n) is 6.55. The Hall–Kier alpha value is -2.66. The molecule has 1 spiro atoms. The maximum Gasteiger partial charge on any atom is 0.245 e. The monoisotopic (exact) mass is 514 g/mol. The summed E-state index contributed by atoms with van der Waals surface area (Å²) in [7, 11) is 1.61. The van der Waals surface area contributed by atoms with Gasteiger partial charge in [-0.3, -0.25) is 14.4 Å². The predicted octanol–water partition coefficient (Wildman–Crippen LogP) is 1.28. The number of nitrogens with zero attached hydrogens (tertiary/aromatic N) is 4. The van der Waals surface area contributed by atoms with E-state index >= 15 is 0 Å². The van der Waals surface area contributed by atoms with Crippen molar-refractivity contribution in [3.8, 4) is 0 Å². The first-order chi connectivity index (χ1) is 17.4. The van der Waals surface area contributed by atoms with Crippen molar-refractivity contribution in [1.29, 1.82) is 0 Å². The van der Waals surface area contributed by atoms with Crippen LogP contribution in [0, 0.1) is 11.8 Å². The summed E-state index contributed by atoms with van der Waals surface area (Å²) >= 11 is 1.67. The second kappa shape index (κ2) is 9.66. The van der Waals surface area contributed by atoms with E-state index in [1.165, 1.54) is 0 Å². The van der Waals surface area contributed by atoms with Crippen LogP contribution in [-0.4, -0.2) is 78.5 Å². The van der Waals surface area contributed by atoms with E-state index in [0.29, 0.717) is 6.54 Å². The second-order valence-corrected chi connectivity index (χ2v) is 12.2. The van der Waals surface area contributed by atoms with E-state index in [4.69, 9.17) is 5.11 Å². The summed E-state index contributed by atoms with van der Waals surface area (Å²) in [5.74, 6) is -1.39. The van der Waals surface area contributed by atoms with Crippen LogP contribution in [0.5, 0.6) is 0 Å². The minimum absolute atomic E-state index is 0.0898. The van der Waals surface area contributed by atoms with Crippen molar-refractivity contribution in [2.75, 3.05) is 20.2 Å². The normalized spacial score (nSPS) is 30.7. The molecule has 2 bridgehead atoms. The molecule has 10 nitrogen and oxygen atoms in total. The highest BCUT2D eigenvalue weighted by atomic mass is 32.2. The third-order valence-corrected chi connectivity index (χ3v) is 10.2. The lowest BCUT2D eigenvalue weighted by Gasteiger charge is -2.34. The summed E-state index contributed by atoms with van der Waals surface area (Å²) in [6, 6.07) is 6.90. The van der Waals surface area contributed by atoms with Gasteiger partial charge in [0.25, 0.3) is 0 Å². The van der Waals surface area contributed by atoms with Gasteiger partial charge in [-0.2, -0.15) is 0 Å². The molecule has 3 aliphatic rings. The SMILES string of the molecule is CNC(=O)[C@@H]1[C@H]2C(=O)N(CCCCCCO)C(C(=O)NCn3nnc4ccccc43)C23CC[C@@]1(C)S3. The average Bonchev–Trinajstić information content (AvgIpc) is 3.58. The Morgan fingerprint density at radius 2 is 1.94 bits per heavy atom. The fraction of sp³-hybridized carbons (Fsp3) is 0.640. The molecular weight excluding hydrogens is 480 g/mol. The first kappa shape index (κ1) is 25.0. The summed E-state index contributed by atoms with van der Waals surface area (Å²) in [5, 5.41) is 23.2. The Balaban J connectivity index is 1.41. The number of hydrogen-bond donors (Lipinski definition) is 3. The highest BCUT2D eigenvalue weighted by molar-refractivity contribution is 8.02. The molecule has 3 saturated heterocycles. The van der Waals surface area contributed by atoms with Crippen molar-refractivity contribution in [2.45, 2.75) is 67.7 Å². The van der Waals surface area contributed by atoms with Gasteiger partial charge in [-0.05, 0) is 44.7 Å². The number of aromatic nitrogens is 3. The molecule has 0 radical (unpaired) electrons. The van der Waals surface area contributed by atoms with E-state index in [-0.39, 0.29) is 35.7 Å². The summed E-state index contributed by atoms with van der Waals surface area (Å²) in [6.45, 7) is 2.83. The van der Waals surface area contributed by atoms with Crippen LogP contribution in [0.4, 0.5) is 0 Å². The largest absolute Gasteiger partial charge is 0.396 e. The number of unbranched alkanes of at least 4 members (excludes halogenated alkanes) is 3. The van der Waals surface area contributed by atoms with Gasteiger partial charge in [-0.1, -0.05) is 30.2 Å². The molecule has 3 fully saturated rings. The Morgan fingerprint density at radius 1 is 1.17 bits per heavy atom. The van der Waals surface area contributed by atoms with Gasteiger partial charge in [0.2, 0.25) is 17.7 Å². The van der Waals surface area contributed by atoms with Gasteiger partial charge in [0, 0.05) is 24.9 Å². The lowest BCUT2D eigenvalue weighted by molar-refractivity contribution is -0.140. The Labute approximate surface area is 214 Å². The number of carbonyl (C=O) groups is 3. The number of benzene rings is 1. The van der Waals surface area contributed by atoms with Gasteiger partial charge < -0.3 is 20.6 Å². The van der Waals surface area contributed by atoms with Crippen LogP contribution in [0.25, 0.3) is 11.0 Å². The van der Waals surface area contributed by atoms with Gasteiger partial charge in [0.15, 0.2) is 0 Å². The van der Waals surface area contributed by atoms with Crippen LogP contribution in [-0.2, 0) is 21.1 Å². The highest BCUT2D eigenvalue weighted by Gasteiger charge is 2.76. The van der Waals surface area contributed by atoms with Crippen molar-refractivity contribution < 1.29 is 19.5 Å². The first-order valence-electron chi connectivity index (χ1n) is 12.8. The van der Waals surface area contributed by atoms with E-state index in [1.54, 1.807) is 28.4 Å². The third-order valence-electron chi connectivity index (χ3n) is 8.18. The van der Waals surface area contributed by atoms with E-state index in [9.17, 15) is 14.4 Å². The van der Waals surface area contributed by atoms with Gasteiger partial charge in [-0.15, -0.1) is 16.9 Å². The Bertz CT molecular complexity index is 1170. The highest BCUT2D eigenvalue weighted by Crippen LogP contribution is 2.71. The number of carbonyl (C=O) groups excluding carboxylic acids is 3. The van der Waals surface area contributed by atoms with Crippen LogP contribution in [0.3, 0.4) is 0 Å². The molecule has 4 heterocycles. The van der Waals surface area contributed by atoms with Crippen LogP contribution >= 0.6 is 11.8 Å². The number of fused-ring (bicyclic) bond motifs is 2. The molecule has 0 aliphatic carbocycles. The molecule has 3 aliphatic heterocycles. The zero-order valence-corrected chi connectivity index (χ0v) is 21.6. The minimum atomic E-state index is -0.649. The molecule has 0 saturated carbocycles. The number of nitrogens with one attached hydrogen (secondary N) is 2. The summed E-state index contributed by atoms with van der Waals surface area (Å²) < 4.78 is 0.656. The fourth-order valence-corrected chi connectivity index (χ4v) is 8.91. The first-order valence-corrected chi connectivity index (χ1v) is 13.6. The van der Waals surface area contributed by atoms with E-state index < -0.39 is 22.6 Å². The molecule has 3 N–H and O–H groups in total. The number of aliphatic hydroxyl groups excluding tert-OH is 1. The average molecular weight is 515 g/mol. The second-order valence-electron chi connectivity index (χ2n) is 10.3. The molecule has 2 unspecified atom stereocenters. The third kappa shape index (κ3) is 3.87. The number of aliphatic hydroxyl groups is 1. The van der Waals surface area contributed by atoms with Crippen molar-refractivity contribution >= 4 is 40.5 Å². The van der Waals surface area contributed by atoms with Gasteiger partial charge in [-0.25, -0.2) is 4.68 Å². The number of amides is 3. The molecule has 5 rings (SSSR count). The maximum atomic E-state index is 13.9. The van der Waals surface area contributed by atoms with Crippen molar-refractivity contribution in [1.82, 2.24) is 30.5 Å². The van der Waals surface area contributed by atoms with Crippen molar-refractivity contribution in [2.24, 2.45) is 11.8 Å². The van der Waals surface area contributed by atoms with Crippen LogP contribution in [0.1, 0.15) is 45.4 Å². The van der Waals surface area contributed by atoms with Crippen LogP contribution < -0.4 is 10.6 Å². The number of para-hydroxylation sites is 1. The summed E-state index contributed by atoms with van der Waals surface area (Å²) in [5.41, 5.74) is 1.57. The maximum absolute atomic E-state index is 13.9. The lowest BCUT2D eigenvalue weighted by atomic mass is 9.66. The zero-order valence-electron chi connectivity index (χ0n) is 20.8. The molecule has 194 valence electrons. The van der Waals surface area contributed by atoms with E-state index in [2.05, 4.69) is 27.9 Å². The molecule has 3 amide bonds. The Kier molecular flexibility index (Phi) is 6.71. The van der Waals surface area contributed by atoms with Crippen molar-refractivity contribution in [3.63, 3.8) is 0 Å². The van der Waals surface area contributed by atoms with E-state index in [1.807, 2.05) is 24.3 Å². The smallest absolute Gasteiger partial charge is 0.245 e. The molecule has 36 heavy (non-hydrogen) atoms. The topological polar surface area (TPSA) is 129 Å². The number of rotatable bonds is 10. The number of thioether (sulfide) groups is 1. The van der Waals surface area contributed by atoms with Gasteiger partial charge >= 0.3 is 0 Å². The van der Waals surface area contributed by atoms with Gasteiger partial charge in [0.1, 0.15) is 18.2 Å². The molecule has 1 aromatic carbocycles. The number of likely N-dealkylation sites (tertiary alicyclic amines) is 1. The van der Waals surface area contributed by atoms with E-state index in [0.717, 1.165) is 49.6 Å². The lowest BCUT2D eigenvalue weighted by Crippen LogP contribution is -2.54. The van der Waals surface area contributed by atoms with Crippen LogP contribution in [0.2, 0.25) is 0 Å². The minimum Gasteiger partial charge on any atom is -0.396 e. The van der Waals surface area contributed by atoms with Gasteiger partial charge in [0.05, 0.1) is 22.1 Å². The van der Waals surface area contributed by atoms with Crippen molar-refractivity contribution in [3.05, 3.63) is 24.3 Å². The standard InChI is InChI=1S/C25H34N6O4S/c1-24-11-12-25(36-24)19(18(24)21(33)26-2)23(35)30(13-7-3-4-8-14-32)20(25)22(34)27-15-31-17-10-6-5-9-16(17)28-29-31/h5-6,9-10,18-20,32H,3-4,7-8,11-15H2,1-2H3,(H,26,33)(H,27,34)/t18-,19-,20?,24+,25?/m0/s1. The predicted molar refractivity (Wildman–Crippen MR) is 136 cm³/mol. The molecule has 11 heteroatoms. The Morgan fingerprint density at radius 3 is 2.72 bits per heavy atom. The summed E-state index contributed by atoms with van der Waals surface area (Å²) in [6.07, 6.45) is 4.73. The molecule has 1 aromatic heterocycles. The molecule has 5 atom stereocenters. The quantitative estimate of drug-likeness (QED) is 0.407. The summed E-state index contributed by atoms with van der Waals surface area (Å²) in [4.78, 5) is 42.4. The molecular formula is C25H34N6O4S. The van der Waals surface area contributed by atoms with Crippen LogP contribution in [0.15, 0.2) is 24.3 Å². The number of hydrogen-bond acceptors (Lipinski definition) is 7. The zero-order chi connectivity index (χ0) is 25.5.